The van der Waals surface area contributed by atoms with Gasteiger partial charge >= 0.3 is 0 Å². The lowest BCUT2D eigenvalue weighted by Gasteiger charge is -2.29. The normalized spacial score (nSPS) is 12.5. The molecule has 0 unspecified atom stereocenters. The molecule has 4 N–H and O–H groups in total. The zero-order chi connectivity index (χ0) is 31.3. The van der Waals surface area contributed by atoms with Gasteiger partial charge in [-0.25, -0.2) is 5.06 Å². The Hall–Kier alpha value is -1.51. The van der Waals surface area contributed by atoms with Crippen LogP contribution in [0.4, 0.5) is 0 Å². The van der Waals surface area contributed by atoms with Crippen molar-refractivity contribution in [1.29, 1.82) is 0 Å². The number of carbonyl (C=O) groups is 3. The monoisotopic (exact) mass is 544 g/mol. The minimum absolute atomic E-state index is 0.0139. The highest BCUT2D eigenvalue weighted by Gasteiger charge is 2.22. The van der Waals surface area contributed by atoms with Gasteiger partial charge in [-0.15, -0.1) is 0 Å². The van der Waals surface area contributed by atoms with Gasteiger partial charge < -0.3 is 16.4 Å². The third-order valence-electron chi connectivity index (χ3n) is 4.83. The largest absolute Gasteiger partial charge is 0.344 e. The SMILES string of the molecule is CC(C)(C)CC(=O)CCC(C)(C)N.CN(CC(C)(C)N)C(=O)CC(C)(C)C.CON(C)C(=O)CC(C)(C)C. The molecule has 0 rings (SSSR count). The predicted octanol–water partition coefficient (Wildman–Crippen LogP) is 5.57. The summed E-state index contributed by atoms with van der Waals surface area (Å²) in [6.45, 7) is 26.9. The van der Waals surface area contributed by atoms with Crippen molar-refractivity contribution in [3.63, 3.8) is 0 Å². The van der Waals surface area contributed by atoms with E-state index in [9.17, 15) is 14.4 Å². The number of nitrogens with two attached hydrogens (primary N) is 2. The summed E-state index contributed by atoms with van der Waals surface area (Å²) in [6.07, 6.45) is 3.13. The number of amides is 2. The lowest BCUT2D eigenvalue weighted by molar-refractivity contribution is -0.170. The second-order valence-electron chi connectivity index (χ2n) is 15.6. The van der Waals surface area contributed by atoms with E-state index in [-0.39, 0.29) is 39.1 Å². The Morgan fingerprint density at radius 3 is 1.29 bits per heavy atom. The van der Waals surface area contributed by atoms with E-state index in [4.69, 9.17) is 16.3 Å². The van der Waals surface area contributed by atoms with Gasteiger partial charge in [-0.3, -0.25) is 19.2 Å². The average molecular weight is 545 g/mol. The standard InChI is InChI=1S/C11H24N2O.C11H23NO.C8H17NO2/c1-10(2,3)7-9(14)13(6)8-11(4,5)12;1-10(2,3)8-9(13)6-7-11(4,5)12;1-8(2,3)6-7(10)9(4)11-5/h7-8,12H2,1-6H3;6-8,12H2,1-5H3;6H2,1-5H3. The van der Waals surface area contributed by atoms with Crippen LogP contribution < -0.4 is 11.5 Å². The number of rotatable bonds is 9. The molecule has 0 spiro atoms. The highest BCUT2D eigenvalue weighted by Crippen LogP contribution is 2.22. The number of ketones is 1. The van der Waals surface area contributed by atoms with Crippen LogP contribution in [0.15, 0.2) is 0 Å². The Bertz CT molecular complexity index is 700. The lowest BCUT2D eigenvalue weighted by atomic mass is 9.87. The molecule has 0 aliphatic rings. The van der Waals surface area contributed by atoms with Crippen LogP contribution in [-0.2, 0) is 19.2 Å². The van der Waals surface area contributed by atoms with Gasteiger partial charge in [0.2, 0.25) is 11.8 Å². The lowest BCUT2D eigenvalue weighted by Crippen LogP contribution is -2.46. The fourth-order valence-electron chi connectivity index (χ4n) is 3.10. The van der Waals surface area contributed by atoms with Gasteiger partial charge in [-0.1, -0.05) is 62.3 Å². The Kier molecular flexibility index (Phi) is 17.9. The minimum atomic E-state index is -0.317. The summed E-state index contributed by atoms with van der Waals surface area (Å²) >= 11 is 0. The van der Waals surface area contributed by atoms with Crippen LogP contribution in [-0.4, -0.2) is 66.4 Å². The molecule has 0 bridgehead atoms. The first-order chi connectivity index (χ1) is 16.5. The zero-order valence-corrected chi connectivity index (χ0v) is 27.9. The van der Waals surface area contributed by atoms with Crippen LogP contribution in [0.1, 0.15) is 122 Å². The van der Waals surface area contributed by atoms with Crippen molar-refractivity contribution in [3.05, 3.63) is 0 Å². The van der Waals surface area contributed by atoms with Crippen molar-refractivity contribution in [2.75, 3.05) is 27.7 Å². The summed E-state index contributed by atoms with van der Waals surface area (Å²) < 4.78 is 0. The first kappa shape index (κ1) is 41.0. The number of Topliss-reactive ketones (excluding diaryl/α,β-unsaturated/α-hetero) is 1. The van der Waals surface area contributed by atoms with E-state index in [1.54, 1.807) is 11.9 Å². The van der Waals surface area contributed by atoms with Gasteiger partial charge in [-0.2, -0.15) is 0 Å². The summed E-state index contributed by atoms with van der Waals surface area (Å²) in [4.78, 5) is 40.8. The van der Waals surface area contributed by atoms with Crippen LogP contribution in [0.25, 0.3) is 0 Å². The maximum absolute atomic E-state index is 11.7. The summed E-state index contributed by atoms with van der Waals surface area (Å²) in [5.74, 6) is 0.502. The number of likely N-dealkylation sites (N-methyl/N-ethyl adjacent to an activating group) is 1. The maximum atomic E-state index is 11.7. The van der Waals surface area contributed by atoms with Gasteiger partial charge in [-0.05, 0) is 50.4 Å². The number of hydroxylamine groups is 2. The zero-order valence-electron chi connectivity index (χ0n) is 27.9. The van der Waals surface area contributed by atoms with E-state index in [0.717, 1.165) is 6.42 Å². The fraction of sp³-hybridized carbons (Fsp3) is 0.900. The van der Waals surface area contributed by atoms with Crippen LogP contribution in [0, 0.1) is 16.2 Å². The third-order valence-corrected chi connectivity index (χ3v) is 4.83. The second kappa shape index (κ2) is 16.6. The van der Waals surface area contributed by atoms with Crippen molar-refractivity contribution in [2.24, 2.45) is 27.7 Å². The molecule has 8 nitrogen and oxygen atoms in total. The van der Waals surface area contributed by atoms with E-state index >= 15 is 0 Å². The predicted molar refractivity (Wildman–Crippen MR) is 160 cm³/mol. The molecule has 0 aromatic rings. The molecule has 38 heavy (non-hydrogen) atoms. The van der Waals surface area contributed by atoms with Crippen LogP contribution in [0.5, 0.6) is 0 Å². The number of nitrogens with zero attached hydrogens (tertiary/aromatic N) is 2. The van der Waals surface area contributed by atoms with E-state index in [1.807, 2.05) is 55.5 Å². The molecular formula is C30H64N4O4. The van der Waals surface area contributed by atoms with Crippen molar-refractivity contribution >= 4 is 17.6 Å². The van der Waals surface area contributed by atoms with Crippen LogP contribution >= 0.6 is 0 Å². The molecular weight excluding hydrogens is 480 g/mol. The Morgan fingerprint density at radius 1 is 0.632 bits per heavy atom. The van der Waals surface area contributed by atoms with Crippen molar-refractivity contribution in [1.82, 2.24) is 9.96 Å². The summed E-state index contributed by atoms with van der Waals surface area (Å²) in [6, 6.07) is 0. The Balaban J connectivity index is -0.000000487. The summed E-state index contributed by atoms with van der Waals surface area (Å²) in [7, 11) is 4.91. The highest BCUT2D eigenvalue weighted by molar-refractivity contribution is 5.79. The molecule has 0 aliphatic heterocycles. The molecule has 0 aromatic carbocycles. The summed E-state index contributed by atoms with van der Waals surface area (Å²) in [5, 5.41) is 1.26. The van der Waals surface area contributed by atoms with Gasteiger partial charge in [0.1, 0.15) is 5.78 Å². The molecule has 0 atom stereocenters. The number of hydrogen-bond donors (Lipinski definition) is 2. The Labute approximate surface area is 235 Å². The minimum Gasteiger partial charge on any atom is -0.344 e. The average Bonchev–Trinajstić information content (AvgIpc) is 2.60. The third kappa shape index (κ3) is 32.5. The Morgan fingerprint density at radius 2 is 1.00 bits per heavy atom. The van der Waals surface area contributed by atoms with Crippen molar-refractivity contribution < 1.29 is 19.2 Å². The van der Waals surface area contributed by atoms with Crippen molar-refractivity contribution in [3.8, 4) is 0 Å². The molecule has 2 amide bonds. The molecule has 228 valence electrons. The quantitative estimate of drug-likeness (QED) is 0.366. The molecule has 0 saturated carbocycles. The molecule has 8 heteroatoms. The molecule has 0 heterocycles. The smallest absolute Gasteiger partial charge is 0.246 e. The van der Waals surface area contributed by atoms with Crippen molar-refractivity contribution in [2.45, 2.75) is 133 Å². The number of carbonyl (C=O) groups excluding carboxylic acids is 3. The summed E-state index contributed by atoms with van der Waals surface area (Å²) in [5.41, 5.74) is 11.3. The maximum Gasteiger partial charge on any atom is 0.246 e. The number of hydrogen-bond acceptors (Lipinski definition) is 6. The molecule has 0 fully saturated rings. The van der Waals surface area contributed by atoms with Gasteiger partial charge in [0.05, 0.1) is 7.11 Å². The van der Waals surface area contributed by atoms with Gasteiger partial charge in [0.25, 0.3) is 0 Å². The fourth-order valence-corrected chi connectivity index (χ4v) is 3.10. The molecule has 0 aliphatic carbocycles. The second-order valence-corrected chi connectivity index (χ2v) is 15.6. The molecule has 0 radical (unpaired) electrons. The van der Waals surface area contributed by atoms with E-state index in [0.29, 0.717) is 38.0 Å². The van der Waals surface area contributed by atoms with Gasteiger partial charge in [0, 0.05) is 57.4 Å². The van der Waals surface area contributed by atoms with Crippen LogP contribution in [0.2, 0.25) is 0 Å². The first-order valence-corrected chi connectivity index (χ1v) is 13.6. The first-order valence-electron chi connectivity index (χ1n) is 13.6. The highest BCUT2D eigenvalue weighted by atomic mass is 16.7. The topological polar surface area (TPSA) is 119 Å². The van der Waals surface area contributed by atoms with Crippen LogP contribution in [0.3, 0.4) is 0 Å². The molecule has 0 saturated heterocycles. The van der Waals surface area contributed by atoms with E-state index in [2.05, 4.69) is 41.5 Å². The van der Waals surface area contributed by atoms with E-state index in [1.165, 1.54) is 12.2 Å². The van der Waals surface area contributed by atoms with Gasteiger partial charge in [0.15, 0.2) is 0 Å². The van der Waals surface area contributed by atoms with E-state index < -0.39 is 0 Å². The molecule has 0 aromatic heterocycles.